The van der Waals surface area contributed by atoms with E-state index in [1.165, 1.54) is 12.8 Å². The minimum atomic E-state index is -0.317. The smallest absolute Gasteiger partial charge is 0.323 e. The number of urea groups is 1. The van der Waals surface area contributed by atoms with E-state index in [4.69, 9.17) is 4.74 Å². The van der Waals surface area contributed by atoms with E-state index in [1.807, 2.05) is 61.5 Å². The third-order valence-electron chi connectivity index (χ3n) is 6.53. The van der Waals surface area contributed by atoms with E-state index in [9.17, 15) is 10.1 Å². The van der Waals surface area contributed by atoms with Crippen LogP contribution in [0.4, 0.5) is 16.2 Å². The summed E-state index contributed by atoms with van der Waals surface area (Å²) in [5.41, 5.74) is 6.06. The molecule has 1 fully saturated rings. The number of fused-ring (bicyclic) bond motifs is 1. The zero-order valence-corrected chi connectivity index (χ0v) is 18.7. The van der Waals surface area contributed by atoms with E-state index in [0.29, 0.717) is 29.7 Å². The molecule has 5 nitrogen and oxygen atoms in total. The molecule has 0 saturated heterocycles. The van der Waals surface area contributed by atoms with Gasteiger partial charge in [0.25, 0.3) is 0 Å². The second-order valence-corrected chi connectivity index (χ2v) is 8.98. The molecule has 1 aliphatic carbocycles. The quantitative estimate of drug-likeness (QED) is 0.469. The molecule has 0 bridgehead atoms. The highest BCUT2D eigenvalue weighted by atomic mass is 16.5. The Kier molecular flexibility index (Phi) is 5.75. The summed E-state index contributed by atoms with van der Waals surface area (Å²) in [7, 11) is 0. The SMILES string of the molecule is Cc1ccc(NC(=O)Nc2cc(-c3ccccc3C#N)cc3c2OCCC[C@H]3C2CC2)cc1. The molecule has 166 valence electrons. The van der Waals surface area contributed by atoms with Gasteiger partial charge in [-0.15, -0.1) is 0 Å². The van der Waals surface area contributed by atoms with Crippen LogP contribution < -0.4 is 15.4 Å². The highest BCUT2D eigenvalue weighted by molar-refractivity contribution is 6.01. The molecule has 2 amide bonds. The first-order valence-electron chi connectivity index (χ1n) is 11.6. The van der Waals surface area contributed by atoms with Crippen LogP contribution in [0, 0.1) is 24.2 Å². The highest BCUT2D eigenvalue weighted by Crippen LogP contribution is 2.51. The minimum absolute atomic E-state index is 0.317. The fraction of sp³-hybridized carbons (Fsp3) is 0.286. The van der Waals surface area contributed by atoms with Gasteiger partial charge in [0.1, 0.15) is 5.75 Å². The number of rotatable bonds is 4. The van der Waals surface area contributed by atoms with Gasteiger partial charge < -0.3 is 15.4 Å². The first-order chi connectivity index (χ1) is 16.1. The number of aryl methyl sites for hydroxylation is 1. The van der Waals surface area contributed by atoms with E-state index < -0.39 is 0 Å². The van der Waals surface area contributed by atoms with Crippen LogP contribution in [0.25, 0.3) is 11.1 Å². The number of ether oxygens (including phenoxy) is 1. The molecule has 1 aliphatic heterocycles. The molecule has 2 aliphatic rings. The summed E-state index contributed by atoms with van der Waals surface area (Å²) in [5, 5.41) is 15.6. The van der Waals surface area contributed by atoms with Crippen molar-refractivity contribution < 1.29 is 9.53 Å². The number of carbonyl (C=O) groups excluding carboxylic acids is 1. The van der Waals surface area contributed by atoms with Crippen molar-refractivity contribution in [3.05, 3.63) is 77.4 Å². The first kappa shape index (κ1) is 21.1. The average molecular weight is 438 g/mol. The van der Waals surface area contributed by atoms with Crippen LogP contribution in [0.5, 0.6) is 5.75 Å². The maximum Gasteiger partial charge on any atom is 0.323 e. The van der Waals surface area contributed by atoms with Crippen molar-refractivity contribution in [1.82, 2.24) is 0 Å². The molecular weight excluding hydrogens is 410 g/mol. The molecule has 3 aromatic carbocycles. The van der Waals surface area contributed by atoms with Gasteiger partial charge in [0, 0.05) is 11.3 Å². The lowest BCUT2D eigenvalue weighted by molar-refractivity contribution is 0.262. The maximum absolute atomic E-state index is 12.9. The van der Waals surface area contributed by atoms with E-state index in [2.05, 4.69) is 22.8 Å². The molecule has 0 spiro atoms. The zero-order chi connectivity index (χ0) is 22.8. The second kappa shape index (κ2) is 8.99. The molecule has 0 unspecified atom stereocenters. The van der Waals surface area contributed by atoms with Crippen LogP contribution in [-0.2, 0) is 0 Å². The number of carbonyl (C=O) groups is 1. The number of nitriles is 1. The predicted octanol–water partition coefficient (Wildman–Crippen LogP) is 6.84. The van der Waals surface area contributed by atoms with Gasteiger partial charge in [-0.05, 0) is 85.9 Å². The van der Waals surface area contributed by atoms with Crippen LogP contribution in [-0.4, -0.2) is 12.6 Å². The summed E-state index contributed by atoms with van der Waals surface area (Å²) < 4.78 is 6.19. The summed E-state index contributed by atoms with van der Waals surface area (Å²) in [6.45, 7) is 2.65. The third-order valence-corrected chi connectivity index (χ3v) is 6.53. The molecule has 5 rings (SSSR count). The molecule has 2 N–H and O–H groups in total. The molecule has 1 atom stereocenters. The number of hydrogen-bond donors (Lipinski definition) is 2. The third kappa shape index (κ3) is 4.56. The molecule has 3 aromatic rings. The number of nitrogens with zero attached hydrogens (tertiary/aromatic N) is 1. The normalized spacial score (nSPS) is 17.2. The molecular formula is C28H27N3O2. The zero-order valence-electron chi connectivity index (χ0n) is 18.7. The molecule has 33 heavy (non-hydrogen) atoms. The topological polar surface area (TPSA) is 74.2 Å². The van der Waals surface area contributed by atoms with Crippen molar-refractivity contribution in [2.75, 3.05) is 17.2 Å². The van der Waals surface area contributed by atoms with Gasteiger partial charge in [0.2, 0.25) is 0 Å². The van der Waals surface area contributed by atoms with E-state index in [0.717, 1.165) is 46.5 Å². The van der Waals surface area contributed by atoms with Gasteiger partial charge in [0.15, 0.2) is 0 Å². The van der Waals surface area contributed by atoms with E-state index in [1.54, 1.807) is 0 Å². The number of anilines is 2. The van der Waals surface area contributed by atoms with Gasteiger partial charge in [-0.2, -0.15) is 5.26 Å². The Bertz CT molecular complexity index is 1220. The fourth-order valence-electron chi connectivity index (χ4n) is 4.71. The van der Waals surface area contributed by atoms with Gasteiger partial charge in [-0.3, -0.25) is 0 Å². The van der Waals surface area contributed by atoms with Gasteiger partial charge in [-0.1, -0.05) is 35.9 Å². The minimum Gasteiger partial charge on any atom is -0.491 e. The van der Waals surface area contributed by atoms with Crippen molar-refractivity contribution in [2.45, 2.75) is 38.5 Å². The maximum atomic E-state index is 12.9. The van der Waals surface area contributed by atoms with Gasteiger partial charge >= 0.3 is 6.03 Å². The van der Waals surface area contributed by atoms with E-state index >= 15 is 0 Å². The summed E-state index contributed by atoms with van der Waals surface area (Å²) in [6.07, 6.45) is 4.55. The Hall–Kier alpha value is -3.78. The highest BCUT2D eigenvalue weighted by Gasteiger charge is 2.36. The van der Waals surface area contributed by atoms with Crippen LogP contribution in [0.1, 0.15) is 48.3 Å². The van der Waals surface area contributed by atoms with Gasteiger partial charge in [0.05, 0.1) is 23.9 Å². The summed E-state index contributed by atoms with van der Waals surface area (Å²) in [4.78, 5) is 12.9. The summed E-state index contributed by atoms with van der Waals surface area (Å²) in [6, 6.07) is 21.4. The molecule has 1 heterocycles. The van der Waals surface area contributed by atoms with Crippen molar-refractivity contribution in [2.24, 2.45) is 5.92 Å². The van der Waals surface area contributed by atoms with Crippen LogP contribution >= 0.6 is 0 Å². The lowest BCUT2D eigenvalue weighted by Crippen LogP contribution is -2.20. The molecule has 0 aromatic heterocycles. The number of hydrogen-bond acceptors (Lipinski definition) is 3. The lowest BCUT2D eigenvalue weighted by Gasteiger charge is -2.21. The fourth-order valence-corrected chi connectivity index (χ4v) is 4.71. The predicted molar refractivity (Wildman–Crippen MR) is 131 cm³/mol. The summed E-state index contributed by atoms with van der Waals surface area (Å²) in [5.74, 6) is 1.85. The Balaban J connectivity index is 1.55. The second-order valence-electron chi connectivity index (χ2n) is 8.98. The van der Waals surface area contributed by atoms with E-state index in [-0.39, 0.29) is 6.03 Å². The summed E-state index contributed by atoms with van der Waals surface area (Å²) >= 11 is 0. The van der Waals surface area contributed by atoms with Crippen molar-refractivity contribution in [1.29, 1.82) is 5.26 Å². The Labute approximate surface area is 194 Å². The van der Waals surface area contributed by atoms with Crippen LogP contribution in [0.2, 0.25) is 0 Å². The number of amides is 2. The molecule has 0 radical (unpaired) electrons. The molecule has 5 heteroatoms. The largest absolute Gasteiger partial charge is 0.491 e. The molecule has 1 saturated carbocycles. The van der Waals surface area contributed by atoms with Crippen molar-refractivity contribution in [3.8, 4) is 22.9 Å². The van der Waals surface area contributed by atoms with Crippen LogP contribution in [0.3, 0.4) is 0 Å². The Morgan fingerprint density at radius 3 is 2.58 bits per heavy atom. The van der Waals surface area contributed by atoms with Crippen molar-refractivity contribution in [3.63, 3.8) is 0 Å². The Morgan fingerprint density at radius 2 is 1.82 bits per heavy atom. The number of nitrogens with one attached hydrogen (secondary N) is 2. The monoisotopic (exact) mass is 437 g/mol. The lowest BCUT2D eigenvalue weighted by atomic mass is 9.87. The standard InChI is InChI=1S/C28H27N3O2/c1-18-8-12-22(13-9-18)30-28(32)31-26-16-21(23-6-3-2-5-20(23)17-29)15-25-24(19-10-11-19)7-4-14-33-27(25)26/h2-3,5-6,8-9,12-13,15-16,19,24H,4,7,10-11,14H2,1H3,(H2,30,31,32)/t24-/m0/s1. The average Bonchev–Trinajstić information content (AvgIpc) is 3.67. The Morgan fingerprint density at radius 1 is 1.03 bits per heavy atom. The van der Waals surface area contributed by atoms with Crippen LogP contribution in [0.15, 0.2) is 60.7 Å². The van der Waals surface area contributed by atoms with Gasteiger partial charge in [-0.25, -0.2) is 4.79 Å². The van der Waals surface area contributed by atoms with Crippen molar-refractivity contribution >= 4 is 17.4 Å². The first-order valence-corrected chi connectivity index (χ1v) is 11.6. The number of benzene rings is 3.